The summed E-state index contributed by atoms with van der Waals surface area (Å²) in [6, 6.07) is 18.6. The van der Waals surface area contributed by atoms with Crippen molar-refractivity contribution in [3.05, 3.63) is 71.8 Å². The fourth-order valence-electron chi connectivity index (χ4n) is 2.25. The van der Waals surface area contributed by atoms with Crippen LogP contribution in [-0.2, 0) is 32.7 Å². The van der Waals surface area contributed by atoms with Gasteiger partial charge in [0.25, 0.3) is 15.9 Å². The molecule has 3 aromatic rings. The molecule has 1 amide bonds. The fraction of sp³-hybridized carbons (Fsp3) is 0.111. The average molecular weight is 431 g/mol. The van der Waals surface area contributed by atoms with E-state index < -0.39 is 20.3 Å². The second-order valence-corrected chi connectivity index (χ2v) is 8.54. The van der Waals surface area contributed by atoms with Gasteiger partial charge in [0.2, 0.25) is 9.47 Å². The molecule has 0 aliphatic carbocycles. The number of benzene rings is 2. The molecule has 0 fully saturated rings. The van der Waals surface area contributed by atoms with Gasteiger partial charge in [0.15, 0.2) is 0 Å². The van der Waals surface area contributed by atoms with Crippen LogP contribution in [0, 0.1) is 0 Å². The van der Waals surface area contributed by atoms with Gasteiger partial charge in [-0.3, -0.25) is 10.1 Å². The number of nitrogens with two attached hydrogens (primary N) is 1. The van der Waals surface area contributed by atoms with Crippen molar-refractivity contribution in [1.29, 1.82) is 0 Å². The van der Waals surface area contributed by atoms with E-state index >= 15 is 0 Å². The van der Waals surface area contributed by atoms with E-state index in [2.05, 4.69) is 20.7 Å². The van der Waals surface area contributed by atoms with Gasteiger partial charge in [0, 0.05) is 6.42 Å². The maximum Gasteiger partial charge on any atom is 0.275 e. The average Bonchev–Trinajstić information content (AvgIpc) is 3.18. The Morgan fingerprint density at radius 1 is 1.03 bits per heavy atom. The molecule has 0 saturated heterocycles. The van der Waals surface area contributed by atoms with Crippen LogP contribution in [0.5, 0.6) is 0 Å². The first kappa shape index (κ1) is 20.6. The van der Waals surface area contributed by atoms with E-state index in [0.29, 0.717) is 11.3 Å². The lowest BCUT2D eigenvalue weighted by molar-refractivity contribution is -0.110. The quantitative estimate of drug-likeness (QED) is 0.318. The summed E-state index contributed by atoms with van der Waals surface area (Å²) >= 11 is 0.650. The van der Waals surface area contributed by atoms with Crippen LogP contribution in [-0.4, -0.2) is 30.2 Å². The largest absolute Gasteiger partial charge is 0.391 e. The minimum Gasteiger partial charge on any atom is -0.391 e. The third-order valence-electron chi connectivity index (χ3n) is 3.60. The first-order valence-electron chi connectivity index (χ1n) is 8.36. The third kappa shape index (κ3) is 6.17. The number of rotatable bonds is 8. The normalized spacial score (nSPS) is 11.8. The maximum absolute atomic E-state index is 12.7. The number of hydrogen-bond donors (Lipinski definition) is 2. The first-order chi connectivity index (χ1) is 13.9. The second kappa shape index (κ2) is 9.37. The molecule has 0 aliphatic rings. The predicted octanol–water partition coefficient (Wildman–Crippen LogP) is 1.94. The monoisotopic (exact) mass is 431 g/mol. The highest BCUT2D eigenvalue weighted by Crippen LogP contribution is 2.18. The Balaban J connectivity index is 1.75. The Labute approximate surface area is 171 Å². The lowest BCUT2D eigenvalue weighted by atomic mass is 10.1. The number of carbonyl (C=O) groups is 1. The van der Waals surface area contributed by atoms with Crippen LogP contribution in [0.4, 0.5) is 5.13 Å². The predicted molar refractivity (Wildman–Crippen MR) is 109 cm³/mol. The lowest BCUT2D eigenvalue weighted by Crippen LogP contribution is -2.25. The summed E-state index contributed by atoms with van der Waals surface area (Å²) in [5.41, 5.74) is 1.85. The minimum atomic E-state index is -3.99. The van der Waals surface area contributed by atoms with Crippen molar-refractivity contribution in [2.45, 2.75) is 17.4 Å². The van der Waals surface area contributed by atoms with E-state index in [-0.39, 0.29) is 23.9 Å². The van der Waals surface area contributed by atoms with Crippen LogP contribution >= 0.6 is 11.3 Å². The molecule has 1 heterocycles. The zero-order valence-electron chi connectivity index (χ0n) is 15.1. The molecule has 29 heavy (non-hydrogen) atoms. The smallest absolute Gasteiger partial charge is 0.275 e. The van der Waals surface area contributed by atoms with Gasteiger partial charge in [0.1, 0.15) is 12.3 Å². The highest BCUT2D eigenvalue weighted by atomic mass is 32.2. The maximum atomic E-state index is 12.7. The Kier molecular flexibility index (Phi) is 6.65. The number of hydrogen-bond acceptors (Lipinski definition) is 8. The Morgan fingerprint density at radius 3 is 2.24 bits per heavy atom. The molecule has 0 bridgehead atoms. The van der Waals surface area contributed by atoms with Crippen molar-refractivity contribution in [1.82, 2.24) is 10.2 Å². The molecule has 0 unspecified atom stereocenters. The highest BCUT2D eigenvalue weighted by Gasteiger charge is 2.19. The molecular weight excluding hydrogens is 414 g/mol. The number of carbonyl (C=O) groups excluding carboxylic acids is 1. The number of primary sulfonamides is 1. The molecule has 0 atom stereocenters. The van der Waals surface area contributed by atoms with E-state index in [9.17, 15) is 13.2 Å². The number of sulfonamides is 1. The van der Waals surface area contributed by atoms with Gasteiger partial charge in [0.05, 0.1) is 0 Å². The lowest BCUT2D eigenvalue weighted by Gasteiger charge is -2.07. The summed E-state index contributed by atoms with van der Waals surface area (Å²) in [6.07, 6.45) is 0.211. The molecule has 11 heteroatoms. The standard InChI is InChI=1S/C18H17N5O4S2/c19-29(25,26)18-22-21-17(28-18)20-16(24)15(11-13-7-3-1-4-8-13)23-27-12-14-9-5-2-6-10-14/h1-10H,11-12H2,(H2,19,25,26)(H,20,21,24)/b23-15+. The minimum absolute atomic E-state index is 0.0113. The summed E-state index contributed by atoms with van der Waals surface area (Å²) < 4.78 is 22.2. The number of aromatic nitrogens is 2. The van der Waals surface area contributed by atoms with Gasteiger partial charge in [-0.15, -0.1) is 10.2 Å². The number of nitrogens with one attached hydrogen (secondary N) is 1. The molecule has 3 N–H and O–H groups in total. The second-order valence-electron chi connectivity index (χ2n) is 5.83. The summed E-state index contributed by atoms with van der Waals surface area (Å²) in [6.45, 7) is 0.195. The van der Waals surface area contributed by atoms with Gasteiger partial charge in [-0.05, 0) is 11.1 Å². The molecule has 2 aromatic carbocycles. The van der Waals surface area contributed by atoms with E-state index in [1.807, 2.05) is 60.7 Å². The van der Waals surface area contributed by atoms with Gasteiger partial charge in [-0.1, -0.05) is 77.2 Å². The van der Waals surface area contributed by atoms with Crippen LogP contribution in [0.3, 0.4) is 0 Å². The summed E-state index contributed by atoms with van der Waals surface area (Å²) in [7, 11) is -3.99. The Hall–Kier alpha value is -3.15. The van der Waals surface area contributed by atoms with E-state index in [4.69, 9.17) is 9.98 Å². The number of anilines is 1. The van der Waals surface area contributed by atoms with Crippen molar-refractivity contribution >= 4 is 38.1 Å². The van der Waals surface area contributed by atoms with Crippen LogP contribution < -0.4 is 10.5 Å². The summed E-state index contributed by atoms with van der Waals surface area (Å²) in [5.74, 6) is -0.584. The highest BCUT2D eigenvalue weighted by molar-refractivity contribution is 7.91. The SMILES string of the molecule is NS(=O)(=O)c1nnc(NC(=O)/C(Cc2ccccc2)=N/OCc2ccccc2)s1. The van der Waals surface area contributed by atoms with Gasteiger partial charge >= 0.3 is 0 Å². The van der Waals surface area contributed by atoms with E-state index in [1.54, 1.807) is 0 Å². The van der Waals surface area contributed by atoms with Gasteiger partial charge in [-0.25, -0.2) is 13.6 Å². The van der Waals surface area contributed by atoms with Crippen molar-refractivity contribution in [3.8, 4) is 0 Å². The molecule has 9 nitrogen and oxygen atoms in total. The molecule has 150 valence electrons. The number of nitrogens with zero attached hydrogens (tertiary/aromatic N) is 3. The fourth-order valence-corrected chi connectivity index (χ4v) is 3.58. The third-order valence-corrected chi connectivity index (χ3v) is 5.74. The molecule has 3 rings (SSSR count). The van der Waals surface area contributed by atoms with Gasteiger partial charge < -0.3 is 4.84 Å². The van der Waals surface area contributed by atoms with Crippen LogP contribution in [0.15, 0.2) is 70.2 Å². The molecule has 0 radical (unpaired) electrons. The Bertz CT molecular complexity index is 1100. The molecule has 0 saturated carbocycles. The number of amides is 1. The Morgan fingerprint density at radius 2 is 1.66 bits per heavy atom. The topological polar surface area (TPSA) is 137 Å². The zero-order chi connectivity index (χ0) is 20.7. The van der Waals surface area contributed by atoms with Crippen molar-refractivity contribution in [2.75, 3.05) is 5.32 Å². The molecule has 1 aromatic heterocycles. The van der Waals surface area contributed by atoms with Crippen LogP contribution in [0.25, 0.3) is 0 Å². The first-order valence-corrected chi connectivity index (χ1v) is 10.7. The van der Waals surface area contributed by atoms with Crippen LogP contribution in [0.1, 0.15) is 11.1 Å². The molecular formula is C18H17N5O4S2. The number of oxime groups is 1. The van der Waals surface area contributed by atoms with Crippen LogP contribution in [0.2, 0.25) is 0 Å². The van der Waals surface area contributed by atoms with E-state index in [0.717, 1.165) is 11.1 Å². The molecule has 0 spiro atoms. The van der Waals surface area contributed by atoms with Crippen molar-refractivity contribution in [2.24, 2.45) is 10.3 Å². The zero-order valence-corrected chi connectivity index (χ0v) is 16.7. The van der Waals surface area contributed by atoms with Crippen molar-refractivity contribution in [3.63, 3.8) is 0 Å². The van der Waals surface area contributed by atoms with E-state index in [1.165, 1.54) is 0 Å². The van der Waals surface area contributed by atoms with Gasteiger partial charge in [-0.2, -0.15) is 0 Å². The summed E-state index contributed by atoms with van der Waals surface area (Å²) in [5, 5.41) is 18.5. The van der Waals surface area contributed by atoms with Crippen molar-refractivity contribution < 1.29 is 18.0 Å². The summed E-state index contributed by atoms with van der Waals surface area (Å²) in [4.78, 5) is 18.0. The molecule has 0 aliphatic heterocycles.